The molecule has 0 radical (unpaired) electrons. The Hall–Kier alpha value is -3.72. The standard InChI is InChI=1S/C29H35N7O2/c1-38-24-7-5-23(6-8-24)36-29(15-26(34-36)21-9-12-30-13-10-21)32-17-28(37)25-16-33-35-18-22(20-3-2-4-20)11-14-31-27(25)19-35/h5-8,14-16,18,20-21,30,32H,2-4,9-13,17,19H2,1H3/b22-18+,31-14?. The number of carbonyl (C=O) groups excluding carboxylic acids is 1. The van der Waals surface area contributed by atoms with Gasteiger partial charge in [-0.1, -0.05) is 6.42 Å². The highest BCUT2D eigenvalue weighted by atomic mass is 16.5. The molecule has 0 amide bonds. The van der Waals surface area contributed by atoms with Gasteiger partial charge in [0.15, 0.2) is 5.78 Å². The highest BCUT2D eigenvalue weighted by Gasteiger charge is 2.26. The first-order chi connectivity index (χ1) is 18.7. The van der Waals surface area contributed by atoms with Crippen LogP contribution in [0, 0.1) is 5.92 Å². The van der Waals surface area contributed by atoms with E-state index in [9.17, 15) is 4.79 Å². The molecule has 0 atom stereocenters. The van der Waals surface area contributed by atoms with Gasteiger partial charge in [0.05, 0.1) is 49.1 Å². The molecule has 1 aromatic carbocycles. The lowest BCUT2D eigenvalue weighted by Gasteiger charge is -2.31. The zero-order chi connectivity index (χ0) is 25.9. The number of ketones is 1. The van der Waals surface area contributed by atoms with E-state index in [4.69, 9.17) is 14.8 Å². The Balaban J connectivity index is 1.20. The van der Waals surface area contributed by atoms with Gasteiger partial charge in [0.25, 0.3) is 0 Å². The maximum absolute atomic E-state index is 13.4. The third-order valence-electron chi connectivity index (χ3n) is 8.01. The highest BCUT2D eigenvalue weighted by Crippen LogP contribution is 2.35. The van der Waals surface area contributed by atoms with Gasteiger partial charge >= 0.3 is 0 Å². The fourth-order valence-corrected chi connectivity index (χ4v) is 5.49. The quantitative estimate of drug-likeness (QED) is 0.553. The monoisotopic (exact) mass is 513 g/mol. The van der Waals surface area contributed by atoms with Gasteiger partial charge in [-0.3, -0.25) is 14.8 Å². The number of hydrogen-bond donors (Lipinski definition) is 2. The Morgan fingerprint density at radius 3 is 2.68 bits per heavy atom. The molecular weight excluding hydrogens is 478 g/mol. The first kappa shape index (κ1) is 24.6. The van der Waals surface area contributed by atoms with E-state index in [2.05, 4.69) is 28.0 Å². The number of ether oxygens (including phenoxy) is 1. The number of carbonyl (C=O) groups is 1. The minimum Gasteiger partial charge on any atom is -0.497 e. The lowest BCUT2D eigenvalue weighted by atomic mass is 9.79. The molecule has 3 aliphatic heterocycles. The maximum atomic E-state index is 13.4. The molecule has 198 valence electrons. The van der Waals surface area contributed by atoms with Gasteiger partial charge in [-0.25, -0.2) is 4.68 Å². The molecule has 4 heterocycles. The van der Waals surface area contributed by atoms with Gasteiger partial charge in [-0.05, 0) is 74.5 Å². The molecule has 2 fully saturated rings. The number of Topliss-reactive ketones (excluding diaryl/α,β-unsaturated/α-hetero) is 1. The summed E-state index contributed by atoms with van der Waals surface area (Å²) in [7, 11) is 1.66. The molecule has 6 rings (SSSR count). The Morgan fingerprint density at radius 1 is 1.13 bits per heavy atom. The van der Waals surface area contributed by atoms with Crippen molar-refractivity contribution in [1.82, 2.24) is 20.1 Å². The molecule has 9 nitrogen and oxygen atoms in total. The van der Waals surface area contributed by atoms with E-state index in [1.54, 1.807) is 13.3 Å². The normalized spacial score (nSPS) is 21.4. The average molecular weight is 514 g/mol. The van der Waals surface area contributed by atoms with Crippen molar-refractivity contribution in [3.8, 4) is 11.4 Å². The van der Waals surface area contributed by atoms with E-state index in [0.717, 1.165) is 61.0 Å². The van der Waals surface area contributed by atoms with Gasteiger partial charge in [-0.2, -0.15) is 10.2 Å². The molecule has 2 aromatic rings. The third-order valence-corrected chi connectivity index (χ3v) is 8.01. The molecule has 1 saturated heterocycles. The summed E-state index contributed by atoms with van der Waals surface area (Å²) in [6.45, 7) is 2.64. The molecule has 38 heavy (non-hydrogen) atoms. The number of hydrazone groups is 1. The molecule has 0 unspecified atom stereocenters. The lowest BCUT2D eigenvalue weighted by molar-refractivity contribution is -0.113. The fourth-order valence-electron chi connectivity index (χ4n) is 5.49. The summed E-state index contributed by atoms with van der Waals surface area (Å²) in [6.07, 6.45) is 12.5. The molecule has 4 aliphatic rings. The van der Waals surface area contributed by atoms with Gasteiger partial charge in [0, 0.05) is 30.8 Å². The number of rotatable bonds is 8. The largest absolute Gasteiger partial charge is 0.497 e. The van der Waals surface area contributed by atoms with E-state index < -0.39 is 0 Å². The number of fused-ring (bicyclic) bond motifs is 2. The predicted octanol–water partition coefficient (Wildman–Crippen LogP) is 4.04. The van der Waals surface area contributed by atoms with Crippen molar-refractivity contribution in [2.75, 3.05) is 38.6 Å². The van der Waals surface area contributed by atoms with E-state index in [-0.39, 0.29) is 12.3 Å². The van der Waals surface area contributed by atoms with Gasteiger partial charge in [0.2, 0.25) is 0 Å². The molecule has 1 saturated carbocycles. The maximum Gasteiger partial charge on any atom is 0.185 e. The molecule has 2 N–H and O–H groups in total. The summed E-state index contributed by atoms with van der Waals surface area (Å²) in [5.74, 6) is 2.61. The van der Waals surface area contributed by atoms with Crippen LogP contribution in [0.2, 0.25) is 0 Å². The van der Waals surface area contributed by atoms with Crippen LogP contribution in [-0.4, -0.2) is 66.3 Å². The summed E-state index contributed by atoms with van der Waals surface area (Å²) < 4.78 is 7.21. The summed E-state index contributed by atoms with van der Waals surface area (Å²) in [6, 6.07) is 9.89. The smallest absolute Gasteiger partial charge is 0.185 e. The number of aliphatic imine (C=N–C) groups is 1. The number of piperidine rings is 1. The Labute approximate surface area is 223 Å². The first-order valence-corrected chi connectivity index (χ1v) is 13.7. The fraction of sp³-hybridized carbons (Fsp3) is 0.448. The summed E-state index contributed by atoms with van der Waals surface area (Å²) in [4.78, 5) is 18.1. The van der Waals surface area contributed by atoms with Crippen LogP contribution in [-0.2, 0) is 4.79 Å². The van der Waals surface area contributed by atoms with Crippen molar-refractivity contribution in [3.05, 3.63) is 59.1 Å². The molecule has 9 heteroatoms. The zero-order valence-electron chi connectivity index (χ0n) is 21.9. The van der Waals surface area contributed by atoms with Gasteiger partial charge in [-0.15, -0.1) is 0 Å². The van der Waals surface area contributed by atoms with Gasteiger partial charge in [0.1, 0.15) is 11.6 Å². The van der Waals surface area contributed by atoms with Crippen LogP contribution in [0.1, 0.15) is 50.1 Å². The van der Waals surface area contributed by atoms with Crippen LogP contribution in [0.25, 0.3) is 5.69 Å². The summed E-state index contributed by atoms with van der Waals surface area (Å²) in [5.41, 5.74) is 4.70. The van der Waals surface area contributed by atoms with Crippen LogP contribution in [0.5, 0.6) is 5.75 Å². The van der Waals surface area contributed by atoms with Crippen molar-refractivity contribution in [3.63, 3.8) is 0 Å². The Kier molecular flexibility index (Phi) is 7.09. The highest BCUT2D eigenvalue weighted by molar-refractivity contribution is 6.15. The number of hydrogen-bond acceptors (Lipinski definition) is 8. The second kappa shape index (κ2) is 10.9. The predicted molar refractivity (Wildman–Crippen MR) is 149 cm³/mol. The van der Waals surface area contributed by atoms with E-state index >= 15 is 0 Å². The van der Waals surface area contributed by atoms with Crippen LogP contribution in [0.4, 0.5) is 5.82 Å². The number of aromatic nitrogens is 2. The second-order valence-corrected chi connectivity index (χ2v) is 10.4. The molecule has 1 aliphatic carbocycles. The zero-order valence-corrected chi connectivity index (χ0v) is 21.9. The lowest BCUT2D eigenvalue weighted by Crippen LogP contribution is -2.28. The molecule has 2 bridgehead atoms. The van der Waals surface area contributed by atoms with Crippen molar-refractivity contribution in [1.29, 1.82) is 0 Å². The molecular formula is C29H35N7O2. The topological polar surface area (TPSA) is 96.1 Å². The number of nitrogens with one attached hydrogen (secondary N) is 2. The number of benzene rings is 1. The first-order valence-electron chi connectivity index (χ1n) is 13.7. The number of methoxy groups -OCH3 is 1. The summed E-state index contributed by atoms with van der Waals surface area (Å²) >= 11 is 0. The van der Waals surface area contributed by atoms with Crippen molar-refractivity contribution < 1.29 is 9.53 Å². The minimum absolute atomic E-state index is 0.0322. The summed E-state index contributed by atoms with van der Waals surface area (Å²) in [5, 5.41) is 18.2. The number of nitrogens with zero attached hydrogens (tertiary/aromatic N) is 5. The minimum atomic E-state index is -0.0322. The van der Waals surface area contributed by atoms with E-state index in [1.807, 2.05) is 40.2 Å². The van der Waals surface area contributed by atoms with Crippen molar-refractivity contribution in [2.45, 2.75) is 44.4 Å². The number of allylic oxidation sites excluding steroid dienone is 1. The Bertz CT molecular complexity index is 1290. The average Bonchev–Trinajstić information content (AvgIpc) is 3.35. The molecule has 0 spiro atoms. The SMILES string of the molecule is COc1ccc(-n2nc(C3CCNCC3)cc2NCC(=O)C2=C3CN(/C=C(/C4CCC4)CC=N3)N=C2)cc1. The van der Waals surface area contributed by atoms with Crippen LogP contribution in [0.3, 0.4) is 0 Å². The second-order valence-electron chi connectivity index (χ2n) is 10.4. The van der Waals surface area contributed by atoms with E-state index in [0.29, 0.717) is 24.0 Å². The Morgan fingerprint density at radius 2 is 1.95 bits per heavy atom. The molecule has 1 aromatic heterocycles. The van der Waals surface area contributed by atoms with Crippen molar-refractivity contribution in [2.24, 2.45) is 16.0 Å². The van der Waals surface area contributed by atoms with Crippen LogP contribution >= 0.6 is 0 Å². The third kappa shape index (κ3) is 5.15. The number of anilines is 1. The van der Waals surface area contributed by atoms with E-state index in [1.165, 1.54) is 24.8 Å². The van der Waals surface area contributed by atoms with Crippen molar-refractivity contribution >= 4 is 24.0 Å². The van der Waals surface area contributed by atoms with Crippen LogP contribution in [0.15, 0.2) is 63.5 Å². The van der Waals surface area contributed by atoms with Gasteiger partial charge < -0.3 is 15.4 Å². The van der Waals surface area contributed by atoms with Crippen LogP contribution < -0.4 is 15.4 Å².